The van der Waals surface area contributed by atoms with E-state index in [0.717, 1.165) is 30.2 Å². The summed E-state index contributed by atoms with van der Waals surface area (Å²) in [5, 5.41) is 3.40. The van der Waals surface area contributed by atoms with Crippen molar-refractivity contribution < 1.29 is 9.47 Å². The van der Waals surface area contributed by atoms with Gasteiger partial charge in [-0.1, -0.05) is 48.0 Å². The van der Waals surface area contributed by atoms with Crippen LogP contribution >= 0.6 is 0 Å². The molecule has 3 aromatic rings. The summed E-state index contributed by atoms with van der Waals surface area (Å²) in [6.07, 6.45) is 0.990. The molecule has 3 nitrogen and oxygen atoms in total. The molecule has 0 bridgehead atoms. The molecule has 1 unspecified atom stereocenters. The van der Waals surface area contributed by atoms with Gasteiger partial charge in [0.25, 0.3) is 0 Å². The maximum Gasteiger partial charge on any atom is 0.119 e. The SMILES string of the molecule is Cc1ccc(OC(C)CNc2ccc(OCCc3ccccc3)cc2)cc1. The lowest BCUT2D eigenvalue weighted by Gasteiger charge is -2.16. The molecule has 0 aliphatic carbocycles. The summed E-state index contributed by atoms with van der Waals surface area (Å²) in [5.74, 6) is 1.79. The van der Waals surface area contributed by atoms with Crippen LogP contribution < -0.4 is 14.8 Å². The Bertz CT molecular complexity index is 798. The van der Waals surface area contributed by atoms with Crippen molar-refractivity contribution in [3.05, 3.63) is 90.0 Å². The van der Waals surface area contributed by atoms with E-state index < -0.39 is 0 Å². The molecule has 1 atom stereocenters. The molecular formula is C24H27NO2. The van der Waals surface area contributed by atoms with Crippen molar-refractivity contribution in [3.8, 4) is 11.5 Å². The van der Waals surface area contributed by atoms with Crippen molar-refractivity contribution in [2.75, 3.05) is 18.5 Å². The van der Waals surface area contributed by atoms with Crippen LogP contribution in [0.2, 0.25) is 0 Å². The number of rotatable bonds is 9. The van der Waals surface area contributed by atoms with Crippen LogP contribution in [0.1, 0.15) is 18.1 Å². The molecule has 0 amide bonds. The number of benzene rings is 3. The summed E-state index contributed by atoms with van der Waals surface area (Å²) in [7, 11) is 0. The molecule has 0 saturated carbocycles. The molecule has 1 N–H and O–H groups in total. The molecular weight excluding hydrogens is 334 g/mol. The molecule has 0 radical (unpaired) electrons. The van der Waals surface area contributed by atoms with Crippen LogP contribution in [0.3, 0.4) is 0 Å². The van der Waals surface area contributed by atoms with Crippen molar-refractivity contribution in [1.29, 1.82) is 0 Å². The monoisotopic (exact) mass is 361 g/mol. The summed E-state index contributed by atoms with van der Waals surface area (Å²) in [6, 6.07) is 26.6. The fourth-order valence-corrected chi connectivity index (χ4v) is 2.75. The second-order valence-corrected chi connectivity index (χ2v) is 6.73. The number of ether oxygens (including phenoxy) is 2. The van der Waals surface area contributed by atoms with E-state index in [1.807, 2.05) is 42.5 Å². The molecule has 0 aliphatic heterocycles. The molecule has 0 spiro atoms. The molecule has 0 heterocycles. The van der Waals surface area contributed by atoms with Gasteiger partial charge in [-0.15, -0.1) is 0 Å². The first-order chi connectivity index (χ1) is 13.2. The van der Waals surface area contributed by atoms with Crippen molar-refractivity contribution >= 4 is 5.69 Å². The third-order valence-corrected chi connectivity index (χ3v) is 4.31. The van der Waals surface area contributed by atoms with Crippen molar-refractivity contribution in [1.82, 2.24) is 0 Å². The summed E-state index contributed by atoms with van der Waals surface area (Å²) in [5.41, 5.74) is 3.59. The zero-order chi connectivity index (χ0) is 18.9. The minimum Gasteiger partial charge on any atom is -0.493 e. The second kappa shape index (κ2) is 9.67. The van der Waals surface area contributed by atoms with E-state index in [1.165, 1.54) is 11.1 Å². The summed E-state index contributed by atoms with van der Waals surface area (Å²) < 4.78 is 11.7. The predicted octanol–water partition coefficient (Wildman–Crippen LogP) is 5.50. The van der Waals surface area contributed by atoms with Crippen molar-refractivity contribution in [2.45, 2.75) is 26.4 Å². The maximum atomic E-state index is 5.92. The second-order valence-electron chi connectivity index (χ2n) is 6.73. The van der Waals surface area contributed by atoms with Crippen LogP contribution in [0, 0.1) is 6.92 Å². The first kappa shape index (κ1) is 18.8. The van der Waals surface area contributed by atoms with E-state index in [-0.39, 0.29) is 6.10 Å². The molecule has 3 heteroatoms. The Labute approximate surface area is 162 Å². The van der Waals surface area contributed by atoms with Gasteiger partial charge in [0.15, 0.2) is 0 Å². The zero-order valence-electron chi connectivity index (χ0n) is 16.0. The van der Waals surface area contributed by atoms with E-state index in [4.69, 9.17) is 9.47 Å². The average Bonchev–Trinajstić information content (AvgIpc) is 2.70. The van der Waals surface area contributed by atoms with Gasteiger partial charge in [-0.2, -0.15) is 0 Å². The smallest absolute Gasteiger partial charge is 0.119 e. The Hall–Kier alpha value is -2.94. The minimum atomic E-state index is 0.0782. The normalized spacial score (nSPS) is 11.6. The van der Waals surface area contributed by atoms with Gasteiger partial charge in [0.1, 0.15) is 17.6 Å². The summed E-state index contributed by atoms with van der Waals surface area (Å²) >= 11 is 0. The van der Waals surface area contributed by atoms with E-state index in [0.29, 0.717) is 6.61 Å². The first-order valence-electron chi connectivity index (χ1n) is 9.43. The van der Waals surface area contributed by atoms with Gasteiger partial charge in [-0.05, 0) is 55.8 Å². The Balaban J connectivity index is 1.40. The molecule has 0 fully saturated rings. The Kier molecular flexibility index (Phi) is 6.75. The summed E-state index contributed by atoms with van der Waals surface area (Å²) in [6.45, 7) is 5.55. The lowest BCUT2D eigenvalue weighted by atomic mass is 10.2. The fourth-order valence-electron chi connectivity index (χ4n) is 2.75. The topological polar surface area (TPSA) is 30.5 Å². The van der Waals surface area contributed by atoms with Gasteiger partial charge >= 0.3 is 0 Å². The van der Waals surface area contributed by atoms with Crippen molar-refractivity contribution in [3.63, 3.8) is 0 Å². The molecule has 3 rings (SSSR count). The predicted molar refractivity (Wildman–Crippen MR) is 112 cm³/mol. The quantitative estimate of drug-likeness (QED) is 0.546. The molecule has 3 aromatic carbocycles. The van der Waals surface area contributed by atoms with Gasteiger partial charge in [-0.3, -0.25) is 0 Å². The van der Waals surface area contributed by atoms with Gasteiger partial charge in [0.2, 0.25) is 0 Å². The van der Waals surface area contributed by atoms with Crippen LogP contribution in [0.15, 0.2) is 78.9 Å². The van der Waals surface area contributed by atoms with E-state index in [2.05, 4.69) is 55.6 Å². The highest BCUT2D eigenvalue weighted by Gasteiger charge is 2.04. The fraction of sp³-hybridized carbons (Fsp3) is 0.250. The Morgan fingerprint density at radius 3 is 2.19 bits per heavy atom. The molecule has 27 heavy (non-hydrogen) atoms. The van der Waals surface area contributed by atoms with Gasteiger partial charge in [-0.25, -0.2) is 0 Å². The lowest BCUT2D eigenvalue weighted by molar-refractivity contribution is 0.234. The number of hydrogen-bond donors (Lipinski definition) is 1. The third-order valence-electron chi connectivity index (χ3n) is 4.31. The summed E-state index contributed by atoms with van der Waals surface area (Å²) in [4.78, 5) is 0. The first-order valence-corrected chi connectivity index (χ1v) is 9.43. The molecule has 0 aliphatic rings. The van der Waals surface area contributed by atoms with Crippen LogP contribution in [0.5, 0.6) is 11.5 Å². The number of nitrogens with one attached hydrogen (secondary N) is 1. The highest BCUT2D eigenvalue weighted by Crippen LogP contribution is 2.17. The van der Waals surface area contributed by atoms with Crippen LogP contribution in [0.4, 0.5) is 5.69 Å². The Morgan fingerprint density at radius 2 is 1.48 bits per heavy atom. The standard InChI is InChI=1S/C24H27NO2/c1-19-8-12-24(13-9-19)27-20(2)18-25-22-10-14-23(15-11-22)26-17-16-21-6-4-3-5-7-21/h3-15,20,25H,16-18H2,1-2H3. The Morgan fingerprint density at radius 1 is 0.815 bits per heavy atom. The minimum absolute atomic E-state index is 0.0782. The van der Waals surface area contributed by atoms with Crippen LogP contribution in [0.25, 0.3) is 0 Å². The lowest BCUT2D eigenvalue weighted by Crippen LogP contribution is -2.22. The van der Waals surface area contributed by atoms with E-state index >= 15 is 0 Å². The van der Waals surface area contributed by atoms with Gasteiger partial charge in [0.05, 0.1) is 13.2 Å². The number of anilines is 1. The molecule has 0 aromatic heterocycles. The number of hydrogen-bond acceptors (Lipinski definition) is 3. The van der Waals surface area contributed by atoms with Gasteiger partial charge < -0.3 is 14.8 Å². The van der Waals surface area contributed by atoms with E-state index in [1.54, 1.807) is 0 Å². The zero-order valence-corrected chi connectivity index (χ0v) is 16.0. The average molecular weight is 361 g/mol. The highest BCUT2D eigenvalue weighted by molar-refractivity contribution is 5.46. The largest absolute Gasteiger partial charge is 0.493 e. The highest BCUT2D eigenvalue weighted by atomic mass is 16.5. The van der Waals surface area contributed by atoms with Gasteiger partial charge in [0, 0.05) is 12.1 Å². The van der Waals surface area contributed by atoms with Crippen LogP contribution in [-0.4, -0.2) is 19.3 Å². The molecule has 0 saturated heterocycles. The van der Waals surface area contributed by atoms with E-state index in [9.17, 15) is 0 Å². The molecule has 140 valence electrons. The number of aryl methyl sites for hydroxylation is 1. The van der Waals surface area contributed by atoms with Crippen LogP contribution in [-0.2, 0) is 6.42 Å². The third kappa shape index (κ3) is 6.37. The van der Waals surface area contributed by atoms with Crippen molar-refractivity contribution in [2.24, 2.45) is 0 Å². The maximum absolute atomic E-state index is 5.92.